The quantitative estimate of drug-likeness (QED) is 0.589. The first kappa shape index (κ1) is 17.4. The second kappa shape index (κ2) is 8.60. The molecule has 0 aliphatic heterocycles. The Balaban J connectivity index is 1.65. The highest BCUT2D eigenvalue weighted by molar-refractivity contribution is 5.63. The van der Waals surface area contributed by atoms with Gasteiger partial charge in [0.05, 0.1) is 11.9 Å². The van der Waals surface area contributed by atoms with E-state index >= 15 is 0 Å². The van der Waals surface area contributed by atoms with Crippen molar-refractivity contribution in [1.82, 2.24) is 15.5 Å². The lowest BCUT2D eigenvalue weighted by Gasteiger charge is -2.17. The van der Waals surface area contributed by atoms with Crippen LogP contribution in [0.3, 0.4) is 0 Å². The zero-order valence-electron chi connectivity index (χ0n) is 14.6. The summed E-state index contributed by atoms with van der Waals surface area (Å²) in [6.07, 6.45) is 2.64. The second-order valence-electron chi connectivity index (χ2n) is 6.39. The first-order chi connectivity index (χ1) is 12.3. The average Bonchev–Trinajstić information content (AvgIpc) is 3.10. The maximum atomic E-state index is 9.36. The molecule has 0 saturated heterocycles. The number of aryl methyl sites for hydroxylation is 1. The van der Waals surface area contributed by atoms with Crippen LogP contribution in [0.2, 0.25) is 0 Å². The molecule has 1 heterocycles. The van der Waals surface area contributed by atoms with Crippen LogP contribution >= 0.6 is 0 Å². The van der Waals surface area contributed by atoms with Gasteiger partial charge in [-0.1, -0.05) is 54.1 Å². The molecule has 0 saturated carbocycles. The summed E-state index contributed by atoms with van der Waals surface area (Å²) in [5.74, 6) is 0.306. The predicted molar refractivity (Wildman–Crippen MR) is 101 cm³/mol. The van der Waals surface area contributed by atoms with Crippen molar-refractivity contribution in [1.29, 1.82) is 0 Å². The normalized spacial score (nSPS) is 12.2. The van der Waals surface area contributed by atoms with Gasteiger partial charge in [0.1, 0.15) is 0 Å². The minimum Gasteiger partial charge on any atom is -0.396 e. The van der Waals surface area contributed by atoms with E-state index in [9.17, 15) is 5.11 Å². The maximum Gasteiger partial charge on any atom is 0.0695 e. The molecule has 0 amide bonds. The molecule has 3 rings (SSSR count). The number of aromatic nitrogens is 2. The van der Waals surface area contributed by atoms with Gasteiger partial charge < -0.3 is 10.4 Å². The Hall–Kier alpha value is -2.43. The molecular weight excluding hydrogens is 310 g/mol. The Bertz CT molecular complexity index is 783. The predicted octanol–water partition coefficient (Wildman–Crippen LogP) is 3.64. The van der Waals surface area contributed by atoms with Crippen LogP contribution in [0, 0.1) is 6.92 Å². The van der Waals surface area contributed by atoms with E-state index < -0.39 is 0 Å². The SMILES string of the molecule is Cc1cccc(-c2[nH]ncc2CNCC(CCO)c2ccccc2)c1. The molecule has 3 aromatic rings. The zero-order chi connectivity index (χ0) is 17.5. The van der Waals surface area contributed by atoms with Gasteiger partial charge in [-0.25, -0.2) is 0 Å². The number of rotatable bonds is 8. The summed E-state index contributed by atoms with van der Waals surface area (Å²) < 4.78 is 0. The molecule has 0 spiro atoms. The molecule has 0 bridgehead atoms. The molecule has 0 radical (unpaired) electrons. The number of nitrogens with zero attached hydrogens (tertiary/aromatic N) is 1. The van der Waals surface area contributed by atoms with Gasteiger partial charge in [0.15, 0.2) is 0 Å². The number of hydrogen-bond donors (Lipinski definition) is 3. The minimum atomic E-state index is 0.196. The van der Waals surface area contributed by atoms with Gasteiger partial charge in [-0.15, -0.1) is 0 Å². The summed E-state index contributed by atoms with van der Waals surface area (Å²) in [4.78, 5) is 0. The van der Waals surface area contributed by atoms with Crippen molar-refractivity contribution in [2.24, 2.45) is 0 Å². The van der Waals surface area contributed by atoms with E-state index in [4.69, 9.17) is 0 Å². The average molecular weight is 335 g/mol. The standard InChI is InChI=1S/C21H25N3O/c1-16-6-5-9-18(12-16)21-20(15-23-24-21)14-22-13-19(10-11-25)17-7-3-2-4-8-17/h2-9,12,15,19,22,25H,10-11,13-14H2,1H3,(H,23,24). The van der Waals surface area contributed by atoms with Gasteiger partial charge in [-0.2, -0.15) is 5.10 Å². The van der Waals surface area contributed by atoms with E-state index in [-0.39, 0.29) is 6.61 Å². The molecule has 1 aromatic heterocycles. The monoisotopic (exact) mass is 335 g/mol. The highest BCUT2D eigenvalue weighted by Crippen LogP contribution is 2.23. The van der Waals surface area contributed by atoms with Crippen LogP contribution in [0.4, 0.5) is 0 Å². The van der Waals surface area contributed by atoms with Gasteiger partial charge in [-0.05, 0) is 30.9 Å². The van der Waals surface area contributed by atoms with E-state index in [0.29, 0.717) is 5.92 Å². The van der Waals surface area contributed by atoms with Gasteiger partial charge in [-0.3, -0.25) is 5.10 Å². The van der Waals surface area contributed by atoms with E-state index in [0.717, 1.165) is 36.3 Å². The molecule has 4 nitrogen and oxygen atoms in total. The lowest BCUT2D eigenvalue weighted by atomic mass is 9.96. The number of benzene rings is 2. The fourth-order valence-electron chi connectivity index (χ4n) is 3.14. The molecule has 25 heavy (non-hydrogen) atoms. The van der Waals surface area contributed by atoms with Gasteiger partial charge >= 0.3 is 0 Å². The summed E-state index contributed by atoms with van der Waals surface area (Å²) in [7, 11) is 0. The summed E-state index contributed by atoms with van der Waals surface area (Å²) in [5, 5.41) is 20.2. The lowest BCUT2D eigenvalue weighted by Crippen LogP contribution is -2.22. The Morgan fingerprint density at radius 3 is 2.72 bits per heavy atom. The summed E-state index contributed by atoms with van der Waals surface area (Å²) in [6.45, 7) is 3.86. The Labute approximate surface area is 148 Å². The van der Waals surface area contributed by atoms with Crippen LogP contribution < -0.4 is 5.32 Å². The Morgan fingerprint density at radius 2 is 1.96 bits per heavy atom. The summed E-state index contributed by atoms with van der Waals surface area (Å²) >= 11 is 0. The number of aromatic amines is 1. The van der Waals surface area contributed by atoms with Crippen molar-refractivity contribution in [3.8, 4) is 11.3 Å². The fraction of sp³-hybridized carbons (Fsp3) is 0.286. The van der Waals surface area contributed by atoms with Crippen molar-refractivity contribution in [3.05, 3.63) is 77.5 Å². The highest BCUT2D eigenvalue weighted by Gasteiger charge is 2.12. The lowest BCUT2D eigenvalue weighted by molar-refractivity contribution is 0.273. The van der Waals surface area contributed by atoms with Crippen molar-refractivity contribution < 1.29 is 5.11 Å². The summed E-state index contributed by atoms with van der Waals surface area (Å²) in [5.41, 5.74) is 5.87. The molecule has 4 heteroatoms. The first-order valence-corrected chi connectivity index (χ1v) is 8.73. The van der Waals surface area contributed by atoms with E-state index in [1.54, 1.807) is 0 Å². The molecule has 0 aliphatic rings. The maximum absolute atomic E-state index is 9.36. The molecule has 1 unspecified atom stereocenters. The topological polar surface area (TPSA) is 60.9 Å². The van der Waals surface area contributed by atoms with E-state index in [2.05, 4.69) is 58.8 Å². The number of H-pyrrole nitrogens is 1. The van der Waals surface area contributed by atoms with Crippen LogP contribution in [0.25, 0.3) is 11.3 Å². The number of aliphatic hydroxyl groups is 1. The van der Waals surface area contributed by atoms with Gasteiger partial charge in [0.25, 0.3) is 0 Å². The van der Waals surface area contributed by atoms with Crippen molar-refractivity contribution >= 4 is 0 Å². The van der Waals surface area contributed by atoms with Crippen LogP contribution in [-0.4, -0.2) is 28.5 Å². The largest absolute Gasteiger partial charge is 0.396 e. The summed E-state index contributed by atoms with van der Waals surface area (Å²) in [6, 6.07) is 18.8. The Kier molecular flexibility index (Phi) is 5.99. The van der Waals surface area contributed by atoms with E-state index in [1.807, 2.05) is 24.4 Å². The molecule has 0 fully saturated rings. The molecule has 2 aromatic carbocycles. The number of hydrogen-bond acceptors (Lipinski definition) is 3. The molecule has 0 aliphatic carbocycles. The third-order valence-corrected chi connectivity index (χ3v) is 4.48. The fourth-order valence-corrected chi connectivity index (χ4v) is 3.14. The zero-order valence-corrected chi connectivity index (χ0v) is 14.6. The van der Waals surface area contributed by atoms with Crippen LogP contribution in [-0.2, 0) is 6.54 Å². The van der Waals surface area contributed by atoms with Crippen LogP contribution in [0.1, 0.15) is 29.0 Å². The molecule has 3 N–H and O–H groups in total. The van der Waals surface area contributed by atoms with Crippen LogP contribution in [0.5, 0.6) is 0 Å². The molecule has 130 valence electrons. The van der Waals surface area contributed by atoms with E-state index in [1.165, 1.54) is 11.1 Å². The number of aliphatic hydroxyl groups excluding tert-OH is 1. The van der Waals surface area contributed by atoms with Crippen molar-refractivity contribution in [2.75, 3.05) is 13.2 Å². The van der Waals surface area contributed by atoms with Crippen LogP contribution in [0.15, 0.2) is 60.8 Å². The highest BCUT2D eigenvalue weighted by atomic mass is 16.3. The minimum absolute atomic E-state index is 0.196. The van der Waals surface area contributed by atoms with Crippen molar-refractivity contribution in [3.63, 3.8) is 0 Å². The smallest absolute Gasteiger partial charge is 0.0695 e. The first-order valence-electron chi connectivity index (χ1n) is 8.73. The van der Waals surface area contributed by atoms with Gasteiger partial charge in [0.2, 0.25) is 0 Å². The number of nitrogens with one attached hydrogen (secondary N) is 2. The third kappa shape index (κ3) is 4.56. The van der Waals surface area contributed by atoms with Gasteiger partial charge in [0, 0.05) is 30.8 Å². The van der Waals surface area contributed by atoms with Crippen molar-refractivity contribution in [2.45, 2.75) is 25.8 Å². The third-order valence-electron chi connectivity index (χ3n) is 4.48. The molecule has 1 atom stereocenters. The molecular formula is C21H25N3O. The second-order valence-corrected chi connectivity index (χ2v) is 6.39. The Morgan fingerprint density at radius 1 is 1.12 bits per heavy atom.